The van der Waals surface area contributed by atoms with Gasteiger partial charge in [0.1, 0.15) is 0 Å². The lowest BCUT2D eigenvalue weighted by atomic mass is 10.2. The van der Waals surface area contributed by atoms with Crippen LogP contribution in [0.4, 0.5) is 0 Å². The second-order valence-electron chi connectivity index (χ2n) is 3.80. The number of nitrogens with zero attached hydrogens (tertiary/aromatic N) is 1. The third-order valence-electron chi connectivity index (χ3n) is 2.55. The van der Waals surface area contributed by atoms with Gasteiger partial charge in [0.15, 0.2) is 0 Å². The second-order valence-corrected chi connectivity index (χ2v) is 3.80. The lowest BCUT2D eigenvalue weighted by molar-refractivity contribution is 0.186. The summed E-state index contributed by atoms with van der Waals surface area (Å²) in [5.74, 6) is 0. The van der Waals surface area contributed by atoms with E-state index in [1.165, 1.54) is 12.1 Å². The summed E-state index contributed by atoms with van der Waals surface area (Å²) in [7, 11) is 1.74. The molecule has 1 aromatic heterocycles. The van der Waals surface area contributed by atoms with E-state index < -0.39 is 0 Å². The Balaban J connectivity index is 2.54. The van der Waals surface area contributed by atoms with E-state index in [1.807, 2.05) is 0 Å². The Labute approximate surface area is 92.4 Å². The number of nitrogens with one attached hydrogen (secondary N) is 1. The summed E-state index contributed by atoms with van der Waals surface area (Å²) in [6.45, 7) is 7.15. The van der Waals surface area contributed by atoms with E-state index in [9.17, 15) is 0 Å². The molecule has 86 valence electrons. The largest absolute Gasteiger partial charge is 0.383 e. The number of aromatic nitrogens is 1. The average Bonchev–Trinajstić information content (AvgIpc) is 2.71. The van der Waals surface area contributed by atoms with Crippen molar-refractivity contribution in [2.75, 3.05) is 20.3 Å². The van der Waals surface area contributed by atoms with Gasteiger partial charge in [0.25, 0.3) is 0 Å². The summed E-state index contributed by atoms with van der Waals surface area (Å²) < 4.78 is 7.34. The lowest BCUT2D eigenvalue weighted by Gasteiger charge is -2.16. The molecule has 1 unspecified atom stereocenters. The number of hydrogen-bond acceptors (Lipinski definition) is 2. The Morgan fingerprint density at radius 1 is 1.53 bits per heavy atom. The first-order valence-electron chi connectivity index (χ1n) is 5.67. The van der Waals surface area contributed by atoms with Crippen LogP contribution in [0.15, 0.2) is 18.3 Å². The summed E-state index contributed by atoms with van der Waals surface area (Å²) >= 11 is 0. The third-order valence-corrected chi connectivity index (χ3v) is 2.55. The molecule has 1 atom stereocenters. The molecule has 1 rings (SSSR count). The summed E-state index contributed by atoms with van der Waals surface area (Å²) in [4.78, 5) is 0. The molecule has 0 spiro atoms. The van der Waals surface area contributed by atoms with Gasteiger partial charge in [-0.3, -0.25) is 0 Å². The van der Waals surface area contributed by atoms with Crippen molar-refractivity contribution < 1.29 is 4.74 Å². The minimum atomic E-state index is 0.414. The minimum Gasteiger partial charge on any atom is -0.383 e. The maximum atomic E-state index is 5.09. The molecular formula is C12H22N2O. The summed E-state index contributed by atoms with van der Waals surface area (Å²) in [5, 5.41) is 3.49. The van der Waals surface area contributed by atoms with Gasteiger partial charge in [-0.2, -0.15) is 0 Å². The molecule has 0 aliphatic carbocycles. The Kier molecular flexibility index (Phi) is 5.43. The molecule has 0 fully saturated rings. The van der Waals surface area contributed by atoms with Gasteiger partial charge < -0.3 is 14.6 Å². The van der Waals surface area contributed by atoms with E-state index in [1.54, 1.807) is 7.11 Å². The van der Waals surface area contributed by atoms with Crippen LogP contribution < -0.4 is 5.32 Å². The van der Waals surface area contributed by atoms with Crippen LogP contribution in [0.25, 0.3) is 0 Å². The van der Waals surface area contributed by atoms with Crippen molar-refractivity contribution in [1.29, 1.82) is 0 Å². The molecule has 15 heavy (non-hydrogen) atoms. The van der Waals surface area contributed by atoms with Crippen LogP contribution in [0.2, 0.25) is 0 Å². The van der Waals surface area contributed by atoms with Crippen LogP contribution in [0.3, 0.4) is 0 Å². The molecule has 0 saturated heterocycles. The Bertz CT molecular complexity index is 270. The van der Waals surface area contributed by atoms with E-state index in [0.29, 0.717) is 6.04 Å². The van der Waals surface area contributed by atoms with Crippen molar-refractivity contribution in [3.8, 4) is 0 Å². The predicted octanol–water partition coefficient (Wildman–Crippen LogP) is 2.20. The molecule has 1 aromatic rings. The highest BCUT2D eigenvalue weighted by Gasteiger charge is 2.08. The maximum Gasteiger partial charge on any atom is 0.0641 e. The van der Waals surface area contributed by atoms with Gasteiger partial charge in [-0.05, 0) is 32.0 Å². The summed E-state index contributed by atoms with van der Waals surface area (Å²) in [5.41, 5.74) is 1.33. The molecule has 3 heteroatoms. The minimum absolute atomic E-state index is 0.414. The molecule has 0 amide bonds. The Morgan fingerprint density at radius 2 is 2.33 bits per heavy atom. The van der Waals surface area contributed by atoms with Crippen LogP contribution in [0.1, 0.15) is 32.0 Å². The zero-order chi connectivity index (χ0) is 11.1. The second kappa shape index (κ2) is 6.64. The normalized spacial score (nSPS) is 13.0. The van der Waals surface area contributed by atoms with Crippen molar-refractivity contribution in [1.82, 2.24) is 9.88 Å². The van der Waals surface area contributed by atoms with Gasteiger partial charge in [0.05, 0.1) is 6.61 Å². The van der Waals surface area contributed by atoms with Crippen molar-refractivity contribution in [3.63, 3.8) is 0 Å². The van der Waals surface area contributed by atoms with Crippen LogP contribution in [-0.4, -0.2) is 24.8 Å². The average molecular weight is 210 g/mol. The van der Waals surface area contributed by atoms with Crippen molar-refractivity contribution >= 4 is 0 Å². The molecule has 0 bridgehead atoms. The summed E-state index contributed by atoms with van der Waals surface area (Å²) in [6.07, 6.45) is 3.28. The van der Waals surface area contributed by atoms with Crippen LogP contribution in [0, 0.1) is 0 Å². The molecule has 0 aromatic carbocycles. The predicted molar refractivity (Wildman–Crippen MR) is 63.0 cm³/mol. The van der Waals surface area contributed by atoms with Crippen LogP contribution in [0.5, 0.6) is 0 Å². The smallest absolute Gasteiger partial charge is 0.0641 e. The zero-order valence-electron chi connectivity index (χ0n) is 9.99. The van der Waals surface area contributed by atoms with E-state index in [0.717, 1.165) is 19.7 Å². The van der Waals surface area contributed by atoms with E-state index in [4.69, 9.17) is 4.74 Å². The first-order valence-corrected chi connectivity index (χ1v) is 5.67. The highest BCUT2D eigenvalue weighted by Crippen LogP contribution is 2.13. The quantitative estimate of drug-likeness (QED) is 0.746. The highest BCUT2D eigenvalue weighted by atomic mass is 16.5. The standard InChI is InChI=1S/C12H22N2O/c1-4-7-13-11(2)12-6-5-8-14(12)9-10-15-3/h5-6,8,11,13H,4,7,9-10H2,1-3H3. The van der Waals surface area contributed by atoms with Gasteiger partial charge in [-0.25, -0.2) is 0 Å². The lowest BCUT2D eigenvalue weighted by Crippen LogP contribution is -2.22. The van der Waals surface area contributed by atoms with E-state index >= 15 is 0 Å². The topological polar surface area (TPSA) is 26.2 Å². The maximum absolute atomic E-state index is 5.09. The van der Waals surface area contributed by atoms with Crippen LogP contribution in [-0.2, 0) is 11.3 Å². The van der Waals surface area contributed by atoms with Crippen molar-refractivity contribution in [3.05, 3.63) is 24.0 Å². The van der Waals surface area contributed by atoms with Gasteiger partial charge >= 0.3 is 0 Å². The Morgan fingerprint density at radius 3 is 3.00 bits per heavy atom. The molecule has 0 radical (unpaired) electrons. The number of ether oxygens (including phenoxy) is 1. The zero-order valence-corrected chi connectivity index (χ0v) is 9.99. The van der Waals surface area contributed by atoms with Gasteiger partial charge in [0, 0.05) is 31.6 Å². The fourth-order valence-electron chi connectivity index (χ4n) is 1.68. The number of methoxy groups -OCH3 is 1. The highest BCUT2D eigenvalue weighted by molar-refractivity contribution is 5.11. The van der Waals surface area contributed by atoms with Crippen LogP contribution >= 0.6 is 0 Å². The summed E-state index contributed by atoms with van der Waals surface area (Å²) in [6, 6.07) is 4.68. The fourth-order valence-corrected chi connectivity index (χ4v) is 1.68. The first kappa shape index (κ1) is 12.3. The fraction of sp³-hybridized carbons (Fsp3) is 0.667. The van der Waals surface area contributed by atoms with E-state index in [-0.39, 0.29) is 0 Å². The van der Waals surface area contributed by atoms with Gasteiger partial charge in [-0.15, -0.1) is 0 Å². The first-order chi connectivity index (χ1) is 7.29. The SMILES string of the molecule is CCCNC(C)c1cccn1CCOC. The Hall–Kier alpha value is -0.800. The molecule has 0 aliphatic heterocycles. The van der Waals surface area contributed by atoms with Crippen molar-refractivity contribution in [2.45, 2.75) is 32.9 Å². The van der Waals surface area contributed by atoms with Crippen molar-refractivity contribution in [2.24, 2.45) is 0 Å². The van der Waals surface area contributed by atoms with Gasteiger partial charge in [0.2, 0.25) is 0 Å². The molecule has 0 saturated carbocycles. The van der Waals surface area contributed by atoms with Gasteiger partial charge in [-0.1, -0.05) is 6.92 Å². The molecule has 3 nitrogen and oxygen atoms in total. The molecular weight excluding hydrogens is 188 g/mol. The third kappa shape index (κ3) is 3.68. The number of rotatable bonds is 7. The number of hydrogen-bond donors (Lipinski definition) is 1. The molecule has 1 heterocycles. The monoisotopic (exact) mass is 210 g/mol. The molecule has 0 aliphatic rings. The van der Waals surface area contributed by atoms with E-state index in [2.05, 4.69) is 42.1 Å². The molecule has 1 N–H and O–H groups in total.